The molecular formula is C55H36S. The fraction of sp³-hybridized carbons (Fsp3) is 0.0545. The van der Waals surface area contributed by atoms with Gasteiger partial charge in [-0.1, -0.05) is 178 Å². The Morgan fingerprint density at radius 1 is 0.375 bits per heavy atom. The van der Waals surface area contributed by atoms with Crippen molar-refractivity contribution in [2.75, 3.05) is 0 Å². The average Bonchev–Trinajstić information content (AvgIpc) is 3.74. The highest BCUT2D eigenvalue weighted by Gasteiger charge is 2.38. The highest BCUT2D eigenvalue weighted by Crippen LogP contribution is 2.55. The minimum atomic E-state index is -0.0929. The fourth-order valence-corrected chi connectivity index (χ4v) is 11.4. The molecule has 0 atom stereocenters. The van der Waals surface area contributed by atoms with E-state index in [1.54, 1.807) is 0 Å². The van der Waals surface area contributed by atoms with Gasteiger partial charge in [-0.2, -0.15) is 0 Å². The Morgan fingerprint density at radius 3 is 1.64 bits per heavy atom. The molecule has 0 saturated heterocycles. The lowest BCUT2D eigenvalue weighted by molar-refractivity contribution is 0.667. The quantitative estimate of drug-likeness (QED) is 0.159. The summed E-state index contributed by atoms with van der Waals surface area (Å²) in [6.07, 6.45) is 0. The molecule has 1 aliphatic rings. The van der Waals surface area contributed by atoms with Crippen LogP contribution in [0.4, 0.5) is 0 Å². The molecule has 0 nitrogen and oxygen atoms in total. The molecule has 10 aromatic carbocycles. The fourth-order valence-electron chi connectivity index (χ4n) is 10.0. The molecule has 56 heavy (non-hydrogen) atoms. The van der Waals surface area contributed by atoms with Crippen LogP contribution in [-0.4, -0.2) is 0 Å². The zero-order valence-electron chi connectivity index (χ0n) is 31.2. The molecule has 11 aromatic rings. The predicted molar refractivity (Wildman–Crippen MR) is 243 cm³/mol. The van der Waals surface area contributed by atoms with Crippen molar-refractivity contribution in [1.82, 2.24) is 0 Å². The molecule has 0 saturated carbocycles. The second-order valence-corrected chi connectivity index (χ2v) is 17.0. The first-order chi connectivity index (χ1) is 27.5. The Hall–Kier alpha value is -6.54. The molecule has 1 aromatic heterocycles. The smallest absolute Gasteiger partial charge is 0.0402 e. The first-order valence-electron chi connectivity index (χ1n) is 19.6. The first-order valence-corrected chi connectivity index (χ1v) is 20.4. The Balaban J connectivity index is 0.981. The summed E-state index contributed by atoms with van der Waals surface area (Å²) in [4.78, 5) is 0. The van der Waals surface area contributed by atoms with Gasteiger partial charge in [-0.3, -0.25) is 0 Å². The number of fused-ring (bicyclic) bond motifs is 12. The molecule has 0 amide bonds. The standard InChI is InChI=1S/C55H36S/c1-55(2)48-29-25-38(32-47(48)45-27-28-46-52-40-14-6-5-12-35(40)26-30-49(52)56-54(46)53(45)55)34-19-22-36(23-20-34)50-41-15-7-9-17-43(41)51(44-18-10-8-16-42(44)50)39-24-21-33-11-3-4-13-37(33)31-39/h3-32H,1-2H3. The Morgan fingerprint density at radius 2 is 0.929 bits per heavy atom. The molecule has 1 heterocycles. The van der Waals surface area contributed by atoms with E-state index in [0.717, 1.165) is 0 Å². The van der Waals surface area contributed by atoms with Gasteiger partial charge in [0.15, 0.2) is 0 Å². The van der Waals surface area contributed by atoms with Crippen LogP contribution in [0.2, 0.25) is 0 Å². The van der Waals surface area contributed by atoms with Crippen molar-refractivity contribution in [3.05, 3.63) is 193 Å². The van der Waals surface area contributed by atoms with Crippen molar-refractivity contribution in [2.24, 2.45) is 0 Å². The van der Waals surface area contributed by atoms with Gasteiger partial charge in [0, 0.05) is 25.6 Å². The minimum absolute atomic E-state index is 0.0929. The van der Waals surface area contributed by atoms with E-state index in [2.05, 4.69) is 196 Å². The minimum Gasteiger partial charge on any atom is -0.135 e. The molecule has 0 radical (unpaired) electrons. The third-order valence-corrected chi connectivity index (χ3v) is 13.8. The van der Waals surface area contributed by atoms with Crippen LogP contribution >= 0.6 is 11.3 Å². The molecule has 0 N–H and O–H groups in total. The molecule has 1 aliphatic carbocycles. The van der Waals surface area contributed by atoms with Crippen LogP contribution in [0.25, 0.3) is 108 Å². The average molecular weight is 729 g/mol. The summed E-state index contributed by atoms with van der Waals surface area (Å²) in [5.74, 6) is 0. The van der Waals surface area contributed by atoms with Crippen LogP contribution in [0, 0.1) is 0 Å². The van der Waals surface area contributed by atoms with Crippen LogP contribution in [-0.2, 0) is 5.41 Å². The topological polar surface area (TPSA) is 0 Å². The number of thiophene rings is 1. The van der Waals surface area contributed by atoms with Crippen molar-refractivity contribution in [3.8, 4) is 44.5 Å². The maximum atomic E-state index is 2.44. The third-order valence-electron chi connectivity index (χ3n) is 12.6. The van der Waals surface area contributed by atoms with Crippen molar-refractivity contribution < 1.29 is 0 Å². The van der Waals surface area contributed by atoms with Crippen molar-refractivity contribution in [3.63, 3.8) is 0 Å². The van der Waals surface area contributed by atoms with Crippen molar-refractivity contribution >= 4 is 74.6 Å². The lowest BCUT2D eigenvalue weighted by Gasteiger charge is -2.22. The van der Waals surface area contributed by atoms with Gasteiger partial charge in [0.05, 0.1) is 0 Å². The van der Waals surface area contributed by atoms with E-state index in [4.69, 9.17) is 0 Å². The Kier molecular flexibility index (Phi) is 6.66. The van der Waals surface area contributed by atoms with E-state index in [0.29, 0.717) is 0 Å². The van der Waals surface area contributed by atoms with Gasteiger partial charge in [0.2, 0.25) is 0 Å². The molecule has 0 bridgehead atoms. The van der Waals surface area contributed by atoms with Gasteiger partial charge >= 0.3 is 0 Å². The largest absolute Gasteiger partial charge is 0.135 e. The van der Waals surface area contributed by atoms with Crippen LogP contribution in [0.3, 0.4) is 0 Å². The van der Waals surface area contributed by atoms with Crippen molar-refractivity contribution in [2.45, 2.75) is 19.3 Å². The first kappa shape index (κ1) is 31.8. The van der Waals surface area contributed by atoms with Crippen LogP contribution in [0.15, 0.2) is 182 Å². The summed E-state index contributed by atoms with van der Waals surface area (Å²) in [6, 6.07) is 68.1. The summed E-state index contributed by atoms with van der Waals surface area (Å²) in [6.45, 7) is 4.82. The second-order valence-electron chi connectivity index (χ2n) is 16.0. The highest BCUT2D eigenvalue weighted by molar-refractivity contribution is 7.26. The van der Waals surface area contributed by atoms with E-state index in [9.17, 15) is 0 Å². The second kappa shape index (κ2) is 11.7. The summed E-state index contributed by atoms with van der Waals surface area (Å²) < 4.78 is 2.79. The van der Waals surface area contributed by atoms with E-state index in [-0.39, 0.29) is 5.41 Å². The normalized spacial score (nSPS) is 13.3. The number of rotatable bonds is 3. The molecule has 0 fully saturated rings. The lowest BCUT2D eigenvalue weighted by Crippen LogP contribution is -2.15. The molecule has 0 spiro atoms. The monoisotopic (exact) mass is 728 g/mol. The summed E-state index contributed by atoms with van der Waals surface area (Å²) in [7, 11) is 0. The van der Waals surface area contributed by atoms with E-state index >= 15 is 0 Å². The number of hydrogen-bond donors (Lipinski definition) is 0. The van der Waals surface area contributed by atoms with Crippen LogP contribution < -0.4 is 0 Å². The highest BCUT2D eigenvalue weighted by atomic mass is 32.1. The SMILES string of the molecule is CC1(C)c2ccc(-c3ccc(-c4c5ccccc5c(-c5ccc6ccccc6c5)c5ccccc45)cc3)cc2-c2ccc3c(sc4ccc5ccccc5c43)c21. The number of hydrogen-bond acceptors (Lipinski definition) is 1. The molecule has 12 rings (SSSR count). The van der Waals surface area contributed by atoms with Crippen LogP contribution in [0.5, 0.6) is 0 Å². The van der Waals surface area contributed by atoms with Gasteiger partial charge < -0.3 is 0 Å². The van der Waals surface area contributed by atoms with E-state index in [1.807, 2.05) is 11.3 Å². The molecular weight excluding hydrogens is 693 g/mol. The third kappa shape index (κ3) is 4.47. The lowest BCUT2D eigenvalue weighted by atomic mass is 9.81. The van der Waals surface area contributed by atoms with Gasteiger partial charge in [-0.05, 0) is 117 Å². The summed E-state index contributed by atoms with van der Waals surface area (Å²) in [5, 5.41) is 13.1. The zero-order valence-corrected chi connectivity index (χ0v) is 32.0. The van der Waals surface area contributed by atoms with E-state index < -0.39 is 0 Å². The van der Waals surface area contributed by atoms with Crippen LogP contribution in [0.1, 0.15) is 25.0 Å². The summed E-state index contributed by atoms with van der Waals surface area (Å²) >= 11 is 1.96. The van der Waals surface area contributed by atoms with Gasteiger partial charge in [-0.25, -0.2) is 0 Å². The van der Waals surface area contributed by atoms with Gasteiger partial charge in [0.25, 0.3) is 0 Å². The Bertz CT molecular complexity index is 3370. The Labute approximate surface area is 329 Å². The van der Waals surface area contributed by atoms with Gasteiger partial charge in [0.1, 0.15) is 0 Å². The molecule has 1 heteroatoms. The van der Waals surface area contributed by atoms with E-state index in [1.165, 1.54) is 119 Å². The van der Waals surface area contributed by atoms with Crippen molar-refractivity contribution in [1.29, 1.82) is 0 Å². The predicted octanol–water partition coefficient (Wildman–Crippen LogP) is 16.0. The number of benzene rings is 10. The maximum absolute atomic E-state index is 2.44. The zero-order chi connectivity index (χ0) is 37.1. The molecule has 262 valence electrons. The summed E-state index contributed by atoms with van der Waals surface area (Å²) in [5.41, 5.74) is 13.1. The van der Waals surface area contributed by atoms with Gasteiger partial charge in [-0.15, -0.1) is 11.3 Å². The molecule has 0 unspecified atom stereocenters. The maximum Gasteiger partial charge on any atom is 0.0402 e. The molecule has 0 aliphatic heterocycles.